The molecular formula is C15H24N2O. The van der Waals surface area contributed by atoms with Crippen molar-refractivity contribution in [2.75, 3.05) is 19.6 Å². The zero-order valence-electron chi connectivity index (χ0n) is 11.2. The van der Waals surface area contributed by atoms with Crippen molar-refractivity contribution in [2.45, 2.75) is 38.8 Å². The summed E-state index contributed by atoms with van der Waals surface area (Å²) in [5.41, 5.74) is 1.20. The molecule has 1 fully saturated rings. The van der Waals surface area contributed by atoms with Crippen LogP contribution >= 0.6 is 0 Å². The molecule has 3 heteroatoms. The highest BCUT2D eigenvalue weighted by molar-refractivity contribution is 5.27. The summed E-state index contributed by atoms with van der Waals surface area (Å²) in [6.45, 7) is 6.55. The number of benzene rings is 1. The van der Waals surface area contributed by atoms with E-state index >= 15 is 0 Å². The predicted octanol–water partition coefficient (Wildman–Crippen LogP) is 2.36. The maximum absolute atomic E-state index is 9.51. The number of nitrogens with one attached hydrogen (secondary N) is 1. The molecule has 1 aliphatic heterocycles. The van der Waals surface area contributed by atoms with E-state index in [1.807, 2.05) is 12.1 Å². The Morgan fingerprint density at radius 2 is 2.33 bits per heavy atom. The lowest BCUT2D eigenvalue weighted by Crippen LogP contribution is -2.37. The molecule has 0 amide bonds. The number of phenolic OH excluding ortho intramolecular Hbond substituents is 1. The summed E-state index contributed by atoms with van der Waals surface area (Å²) >= 11 is 0. The van der Waals surface area contributed by atoms with Crippen LogP contribution < -0.4 is 5.32 Å². The molecule has 0 aliphatic carbocycles. The largest absolute Gasteiger partial charge is 0.508 e. The molecule has 1 unspecified atom stereocenters. The maximum atomic E-state index is 9.51. The topological polar surface area (TPSA) is 35.5 Å². The lowest BCUT2D eigenvalue weighted by atomic mass is 10.1. The molecule has 0 spiro atoms. The van der Waals surface area contributed by atoms with Crippen molar-refractivity contribution in [3.8, 4) is 5.75 Å². The van der Waals surface area contributed by atoms with Crippen LogP contribution in [0.5, 0.6) is 5.75 Å². The van der Waals surface area contributed by atoms with E-state index < -0.39 is 0 Å². The van der Waals surface area contributed by atoms with Crippen LogP contribution in [-0.4, -0.2) is 35.7 Å². The molecule has 0 bridgehead atoms. The Bertz CT molecular complexity index is 361. The Hall–Kier alpha value is -1.06. The molecule has 0 aromatic heterocycles. The predicted molar refractivity (Wildman–Crippen MR) is 74.7 cm³/mol. The number of hydrogen-bond donors (Lipinski definition) is 2. The summed E-state index contributed by atoms with van der Waals surface area (Å²) in [6.07, 6.45) is 3.77. The van der Waals surface area contributed by atoms with Crippen molar-refractivity contribution in [2.24, 2.45) is 0 Å². The highest BCUT2D eigenvalue weighted by Crippen LogP contribution is 2.15. The van der Waals surface area contributed by atoms with Gasteiger partial charge in [0.15, 0.2) is 0 Å². The Morgan fingerprint density at radius 3 is 3.00 bits per heavy atom. The third kappa shape index (κ3) is 4.00. The van der Waals surface area contributed by atoms with Crippen LogP contribution in [0.3, 0.4) is 0 Å². The Balaban J connectivity index is 1.92. The first kappa shape index (κ1) is 13.4. The molecule has 1 aromatic carbocycles. The molecular weight excluding hydrogens is 224 g/mol. The molecule has 100 valence electrons. The zero-order valence-corrected chi connectivity index (χ0v) is 11.2. The van der Waals surface area contributed by atoms with E-state index in [4.69, 9.17) is 0 Å². The number of rotatable bonds is 6. The first-order valence-corrected chi connectivity index (χ1v) is 7.01. The summed E-state index contributed by atoms with van der Waals surface area (Å²) in [6, 6.07) is 8.25. The van der Waals surface area contributed by atoms with E-state index in [0.717, 1.165) is 26.2 Å². The van der Waals surface area contributed by atoms with E-state index in [2.05, 4.69) is 23.2 Å². The average Bonchev–Trinajstić information content (AvgIpc) is 2.82. The van der Waals surface area contributed by atoms with Gasteiger partial charge in [-0.25, -0.2) is 0 Å². The Kier molecular flexibility index (Phi) is 5.02. The van der Waals surface area contributed by atoms with Gasteiger partial charge in [0.25, 0.3) is 0 Å². The van der Waals surface area contributed by atoms with Crippen molar-refractivity contribution < 1.29 is 5.11 Å². The molecule has 0 saturated carbocycles. The Morgan fingerprint density at radius 1 is 1.44 bits per heavy atom. The quantitative estimate of drug-likeness (QED) is 0.811. The summed E-state index contributed by atoms with van der Waals surface area (Å²) in [5.74, 6) is 0.364. The molecule has 1 atom stereocenters. The minimum Gasteiger partial charge on any atom is -0.508 e. The molecule has 2 rings (SSSR count). The number of nitrogens with zero attached hydrogens (tertiary/aromatic N) is 1. The standard InChI is InChI=1S/C15H24N2O/c1-2-9-17(12-14-6-4-8-16-14)11-13-5-3-7-15(18)10-13/h3,5,7,10,14,16,18H,2,4,6,8-9,11-12H2,1H3. The molecule has 1 aliphatic rings. The van der Waals surface area contributed by atoms with E-state index in [0.29, 0.717) is 11.8 Å². The van der Waals surface area contributed by atoms with Crippen molar-refractivity contribution in [3.05, 3.63) is 29.8 Å². The Labute approximate surface area is 110 Å². The van der Waals surface area contributed by atoms with Crippen molar-refractivity contribution in [3.63, 3.8) is 0 Å². The van der Waals surface area contributed by atoms with Gasteiger partial charge in [-0.1, -0.05) is 19.1 Å². The van der Waals surface area contributed by atoms with Gasteiger partial charge < -0.3 is 10.4 Å². The van der Waals surface area contributed by atoms with Gasteiger partial charge in [-0.15, -0.1) is 0 Å². The summed E-state index contributed by atoms with van der Waals surface area (Å²) < 4.78 is 0. The summed E-state index contributed by atoms with van der Waals surface area (Å²) in [7, 11) is 0. The fraction of sp³-hybridized carbons (Fsp3) is 0.600. The highest BCUT2D eigenvalue weighted by atomic mass is 16.3. The van der Waals surface area contributed by atoms with Crippen LogP contribution in [0.15, 0.2) is 24.3 Å². The van der Waals surface area contributed by atoms with E-state index in [1.165, 1.54) is 24.8 Å². The lowest BCUT2D eigenvalue weighted by molar-refractivity contribution is 0.241. The van der Waals surface area contributed by atoms with Crippen LogP contribution in [0, 0.1) is 0 Å². The van der Waals surface area contributed by atoms with Gasteiger partial charge >= 0.3 is 0 Å². The minimum absolute atomic E-state index is 0.364. The van der Waals surface area contributed by atoms with Gasteiger partial charge in [-0.2, -0.15) is 0 Å². The van der Waals surface area contributed by atoms with Crippen LogP contribution in [-0.2, 0) is 6.54 Å². The maximum Gasteiger partial charge on any atom is 0.115 e. The molecule has 0 radical (unpaired) electrons. The third-order valence-electron chi connectivity index (χ3n) is 3.50. The second-order valence-electron chi connectivity index (χ2n) is 5.20. The van der Waals surface area contributed by atoms with Crippen LogP contribution in [0.25, 0.3) is 0 Å². The minimum atomic E-state index is 0.364. The van der Waals surface area contributed by atoms with Gasteiger partial charge in [0.2, 0.25) is 0 Å². The molecule has 2 N–H and O–H groups in total. The van der Waals surface area contributed by atoms with Crippen LogP contribution in [0.1, 0.15) is 31.7 Å². The molecule has 1 heterocycles. The zero-order chi connectivity index (χ0) is 12.8. The van der Waals surface area contributed by atoms with Gasteiger partial charge in [-0.3, -0.25) is 4.90 Å². The fourth-order valence-electron chi connectivity index (χ4n) is 2.69. The summed E-state index contributed by atoms with van der Waals surface area (Å²) in [4.78, 5) is 2.48. The lowest BCUT2D eigenvalue weighted by Gasteiger charge is -2.25. The van der Waals surface area contributed by atoms with Crippen molar-refractivity contribution >= 4 is 0 Å². The fourth-order valence-corrected chi connectivity index (χ4v) is 2.69. The van der Waals surface area contributed by atoms with Crippen molar-refractivity contribution in [1.29, 1.82) is 0 Å². The molecule has 18 heavy (non-hydrogen) atoms. The SMILES string of the molecule is CCCN(Cc1cccc(O)c1)CC1CCCN1. The van der Waals surface area contributed by atoms with Crippen LogP contribution in [0.4, 0.5) is 0 Å². The van der Waals surface area contributed by atoms with E-state index in [1.54, 1.807) is 6.07 Å². The number of hydrogen-bond acceptors (Lipinski definition) is 3. The number of aromatic hydroxyl groups is 1. The average molecular weight is 248 g/mol. The second-order valence-corrected chi connectivity index (χ2v) is 5.20. The van der Waals surface area contributed by atoms with Crippen LogP contribution in [0.2, 0.25) is 0 Å². The first-order valence-electron chi connectivity index (χ1n) is 7.01. The third-order valence-corrected chi connectivity index (χ3v) is 3.50. The number of phenols is 1. The molecule has 3 nitrogen and oxygen atoms in total. The van der Waals surface area contributed by atoms with E-state index in [-0.39, 0.29) is 0 Å². The van der Waals surface area contributed by atoms with Crippen molar-refractivity contribution in [1.82, 2.24) is 10.2 Å². The second kappa shape index (κ2) is 6.76. The summed E-state index contributed by atoms with van der Waals surface area (Å²) in [5, 5.41) is 13.1. The van der Waals surface area contributed by atoms with Gasteiger partial charge in [0.1, 0.15) is 5.75 Å². The van der Waals surface area contributed by atoms with Gasteiger partial charge in [0, 0.05) is 19.1 Å². The van der Waals surface area contributed by atoms with E-state index in [9.17, 15) is 5.11 Å². The van der Waals surface area contributed by atoms with Gasteiger partial charge in [-0.05, 0) is 50.0 Å². The van der Waals surface area contributed by atoms with Gasteiger partial charge in [0.05, 0.1) is 0 Å². The highest BCUT2D eigenvalue weighted by Gasteiger charge is 2.17. The normalized spacial score (nSPS) is 19.6. The smallest absolute Gasteiger partial charge is 0.115 e. The first-order chi connectivity index (χ1) is 8.78. The monoisotopic (exact) mass is 248 g/mol. The molecule has 1 saturated heterocycles. The molecule has 1 aromatic rings.